The minimum Gasteiger partial charge on any atom is -0.343 e. The van der Waals surface area contributed by atoms with Gasteiger partial charge in [-0.05, 0) is 36.6 Å². The Labute approximate surface area is 140 Å². The maximum atomic E-state index is 12.0. The number of nitrogens with two attached hydrogens (primary N) is 1. The number of rotatable bonds is 7. The summed E-state index contributed by atoms with van der Waals surface area (Å²) in [6, 6.07) is 6.86. The van der Waals surface area contributed by atoms with E-state index in [1.807, 2.05) is 24.3 Å². The van der Waals surface area contributed by atoms with Crippen molar-refractivity contribution in [1.29, 1.82) is 0 Å². The highest BCUT2D eigenvalue weighted by Crippen LogP contribution is 2.29. The number of benzene rings is 1. The molecule has 0 aromatic heterocycles. The molecule has 3 atom stereocenters. The van der Waals surface area contributed by atoms with Gasteiger partial charge in [0.25, 0.3) is 0 Å². The second kappa shape index (κ2) is 8.44. The van der Waals surface area contributed by atoms with Gasteiger partial charge in [-0.25, -0.2) is 0 Å². The molecule has 3 N–H and O–H groups in total. The van der Waals surface area contributed by atoms with Crippen molar-refractivity contribution in [1.82, 2.24) is 5.32 Å². The van der Waals surface area contributed by atoms with E-state index >= 15 is 0 Å². The van der Waals surface area contributed by atoms with Gasteiger partial charge in [0.2, 0.25) is 12.5 Å². The molecule has 1 amide bonds. The van der Waals surface area contributed by atoms with E-state index in [1.54, 1.807) is 0 Å². The fraction of sp³-hybridized carbons (Fsp3) is 0.471. The van der Waals surface area contributed by atoms with Crippen LogP contribution in [0.3, 0.4) is 0 Å². The summed E-state index contributed by atoms with van der Waals surface area (Å²) in [6.07, 6.45) is 2.35. The van der Waals surface area contributed by atoms with Crippen LogP contribution in [-0.4, -0.2) is 36.3 Å². The molecule has 1 heterocycles. The van der Waals surface area contributed by atoms with Crippen LogP contribution in [0, 0.1) is 9.81 Å². The van der Waals surface area contributed by atoms with Crippen LogP contribution in [0.25, 0.3) is 0 Å². The van der Waals surface area contributed by atoms with E-state index < -0.39 is 6.04 Å². The number of piperidine rings is 1. The number of hydrogen-bond donors (Lipinski definition) is 2. The Hall–Kier alpha value is -2.41. The number of carbonyl (C=O) groups is 1. The third kappa shape index (κ3) is 4.55. The first-order valence-corrected chi connectivity index (χ1v) is 8.04. The highest BCUT2D eigenvalue weighted by atomic mass is 16.3. The molecular weight excluding hydrogens is 308 g/mol. The van der Waals surface area contributed by atoms with E-state index in [0.717, 1.165) is 15.9 Å². The lowest BCUT2D eigenvalue weighted by atomic mass is 9.87. The van der Waals surface area contributed by atoms with Gasteiger partial charge in [0.15, 0.2) is 6.54 Å². The summed E-state index contributed by atoms with van der Waals surface area (Å²) >= 11 is 0. The minimum atomic E-state index is -0.474. The molecule has 1 saturated heterocycles. The first kappa shape index (κ1) is 17.9. The Morgan fingerprint density at radius 3 is 2.96 bits per heavy atom. The molecule has 1 aliphatic heterocycles. The van der Waals surface area contributed by atoms with E-state index in [4.69, 9.17) is 5.73 Å². The average Bonchev–Trinajstić information content (AvgIpc) is 2.59. The van der Waals surface area contributed by atoms with Crippen molar-refractivity contribution in [2.75, 3.05) is 19.6 Å². The molecule has 2 rings (SSSR count). The number of nitrogens with zero attached hydrogens (tertiary/aromatic N) is 2. The van der Waals surface area contributed by atoms with Gasteiger partial charge in [0.1, 0.15) is 6.04 Å². The largest absolute Gasteiger partial charge is 0.343 e. The molecule has 0 radical (unpaired) electrons. The fourth-order valence-corrected chi connectivity index (χ4v) is 3.12. The Balaban J connectivity index is 2.17. The minimum absolute atomic E-state index is 0.0171. The van der Waals surface area contributed by atoms with Crippen molar-refractivity contribution >= 4 is 5.91 Å². The van der Waals surface area contributed by atoms with E-state index in [9.17, 15) is 14.6 Å². The lowest BCUT2D eigenvalue weighted by Crippen LogP contribution is -2.45. The molecule has 0 aliphatic carbocycles. The summed E-state index contributed by atoms with van der Waals surface area (Å²) in [7, 11) is 0. The molecule has 7 nitrogen and oxygen atoms in total. The van der Waals surface area contributed by atoms with Gasteiger partial charge in [0, 0.05) is 15.6 Å². The van der Waals surface area contributed by atoms with E-state index in [1.165, 1.54) is 6.08 Å². The van der Waals surface area contributed by atoms with Crippen molar-refractivity contribution in [3.63, 3.8) is 0 Å². The molecule has 0 spiro atoms. The summed E-state index contributed by atoms with van der Waals surface area (Å²) < 4.78 is 0.963. The molecule has 1 aromatic carbocycles. The van der Waals surface area contributed by atoms with E-state index in [2.05, 4.69) is 17.1 Å². The van der Waals surface area contributed by atoms with Crippen LogP contribution in [-0.2, 0) is 4.79 Å². The third-order valence-corrected chi connectivity index (χ3v) is 4.28. The Bertz CT molecular complexity index is 632. The van der Waals surface area contributed by atoms with Crippen molar-refractivity contribution in [2.24, 2.45) is 10.9 Å². The standard InChI is InChI=1S/C17H22N4O3/c1-2-17(22)19-15-9-14(10-21(24)11-15)12-4-3-5-13(8-12)16(20-23)6-7-18/h2-5,8,14-16H,1,6-7,9-11,18H2/p+1. The normalized spacial score (nSPS) is 21.8. The zero-order chi connectivity index (χ0) is 17.5. The third-order valence-electron chi connectivity index (χ3n) is 4.28. The van der Waals surface area contributed by atoms with Gasteiger partial charge in [-0.1, -0.05) is 36.0 Å². The smallest absolute Gasteiger partial charge is 0.243 e. The SMILES string of the molecule is C=CC(=O)NC1CC(c2cccc(C(CCN)N=O)c2)C[N+](=O)C1. The van der Waals surface area contributed by atoms with Crippen LogP contribution in [0.2, 0.25) is 0 Å². The summed E-state index contributed by atoms with van der Waals surface area (Å²) in [4.78, 5) is 34.5. The van der Waals surface area contributed by atoms with Gasteiger partial charge < -0.3 is 11.1 Å². The quantitative estimate of drug-likeness (QED) is 0.451. The highest BCUT2D eigenvalue weighted by Gasteiger charge is 2.34. The van der Waals surface area contributed by atoms with Crippen molar-refractivity contribution < 1.29 is 9.55 Å². The molecule has 1 fully saturated rings. The summed E-state index contributed by atoms with van der Waals surface area (Å²) in [6.45, 7) is 4.44. The lowest BCUT2D eigenvalue weighted by molar-refractivity contribution is -0.563. The average molecular weight is 331 g/mol. The predicted molar refractivity (Wildman–Crippen MR) is 91.5 cm³/mol. The summed E-state index contributed by atoms with van der Waals surface area (Å²) in [5.74, 6) is -0.299. The molecule has 0 saturated carbocycles. The maximum absolute atomic E-state index is 12.0. The molecule has 3 unspecified atom stereocenters. The summed E-state index contributed by atoms with van der Waals surface area (Å²) in [5.41, 5.74) is 7.30. The second-order valence-electron chi connectivity index (χ2n) is 6.06. The number of carbonyl (C=O) groups excluding carboxylic acids is 1. The number of nitrogens with one attached hydrogen (secondary N) is 1. The zero-order valence-corrected chi connectivity index (χ0v) is 13.6. The molecule has 24 heavy (non-hydrogen) atoms. The van der Waals surface area contributed by atoms with Gasteiger partial charge in [0.05, 0.1) is 6.04 Å². The topological polar surface area (TPSA) is 105 Å². The van der Waals surface area contributed by atoms with Crippen molar-refractivity contribution in [2.45, 2.75) is 30.8 Å². The lowest BCUT2D eigenvalue weighted by Gasteiger charge is -2.25. The van der Waals surface area contributed by atoms with Crippen LogP contribution in [0.4, 0.5) is 0 Å². The van der Waals surface area contributed by atoms with E-state index in [-0.39, 0.29) is 24.4 Å². The first-order chi connectivity index (χ1) is 11.6. The molecule has 1 aromatic rings. The predicted octanol–water partition coefficient (Wildman–Crippen LogP) is 1.78. The Morgan fingerprint density at radius 2 is 2.29 bits per heavy atom. The number of hydrogen-bond acceptors (Lipinski definition) is 5. The number of nitroso groups, excluding NO2 is 2. The monoisotopic (exact) mass is 331 g/mol. The van der Waals surface area contributed by atoms with Crippen molar-refractivity contribution in [3.8, 4) is 0 Å². The molecular formula is C17H23N4O3+. The summed E-state index contributed by atoms with van der Waals surface area (Å²) in [5, 5.41) is 5.93. The van der Waals surface area contributed by atoms with Crippen LogP contribution >= 0.6 is 0 Å². The molecule has 1 aliphatic rings. The van der Waals surface area contributed by atoms with Crippen LogP contribution in [0.1, 0.15) is 35.9 Å². The van der Waals surface area contributed by atoms with Crippen LogP contribution < -0.4 is 11.1 Å². The second-order valence-corrected chi connectivity index (χ2v) is 6.06. The van der Waals surface area contributed by atoms with Gasteiger partial charge in [-0.15, -0.1) is 0 Å². The van der Waals surface area contributed by atoms with Gasteiger partial charge in [-0.2, -0.15) is 4.91 Å². The fourth-order valence-electron chi connectivity index (χ4n) is 3.12. The van der Waals surface area contributed by atoms with Crippen molar-refractivity contribution in [3.05, 3.63) is 57.9 Å². The number of amides is 1. The van der Waals surface area contributed by atoms with Gasteiger partial charge in [-0.3, -0.25) is 4.79 Å². The molecule has 7 heteroatoms. The van der Waals surface area contributed by atoms with Crippen LogP contribution in [0.5, 0.6) is 0 Å². The van der Waals surface area contributed by atoms with E-state index in [0.29, 0.717) is 25.9 Å². The first-order valence-electron chi connectivity index (χ1n) is 8.04. The molecule has 0 bridgehead atoms. The molecule has 128 valence electrons. The highest BCUT2D eigenvalue weighted by molar-refractivity contribution is 5.87. The van der Waals surface area contributed by atoms with Crippen LogP contribution in [0.15, 0.2) is 42.1 Å². The zero-order valence-electron chi connectivity index (χ0n) is 13.6. The maximum Gasteiger partial charge on any atom is 0.243 e. The Kier molecular flexibility index (Phi) is 6.31. The van der Waals surface area contributed by atoms with Gasteiger partial charge >= 0.3 is 0 Å². The Morgan fingerprint density at radius 1 is 1.50 bits per heavy atom.